The van der Waals surface area contributed by atoms with Gasteiger partial charge in [0.1, 0.15) is 31.7 Å². The molecule has 0 spiro atoms. The highest BCUT2D eigenvalue weighted by Gasteiger charge is 2.40. The van der Waals surface area contributed by atoms with Gasteiger partial charge in [0, 0.05) is 19.9 Å². The zero-order valence-electron chi connectivity index (χ0n) is 13.7. The molecule has 0 aliphatic carbocycles. The maximum Gasteiger partial charge on any atom is 0.253 e. The summed E-state index contributed by atoms with van der Waals surface area (Å²) in [7, 11) is 2.11. The third-order valence-corrected chi connectivity index (χ3v) is 5.00. The minimum atomic E-state index is 0.606. The van der Waals surface area contributed by atoms with Gasteiger partial charge in [-0.3, -0.25) is 4.48 Å². The smallest absolute Gasteiger partial charge is 0.253 e. The molecule has 2 atom stereocenters. The van der Waals surface area contributed by atoms with Crippen molar-refractivity contribution in [3.05, 3.63) is 30.6 Å². The average molecular weight is 278 g/mol. The summed E-state index contributed by atoms with van der Waals surface area (Å²) in [6.45, 7) is 13.6. The summed E-state index contributed by atoms with van der Waals surface area (Å²) in [5, 5.41) is 0. The van der Waals surface area contributed by atoms with Crippen LogP contribution in [0.3, 0.4) is 0 Å². The fraction of sp³-hybridized carbons (Fsp3) is 0.688. The molecule has 1 aromatic heterocycles. The third-order valence-electron chi connectivity index (χ3n) is 5.00. The van der Waals surface area contributed by atoms with Crippen LogP contribution < -0.4 is 4.57 Å². The topological polar surface area (TPSA) is 12.1 Å². The molecule has 112 valence electrons. The standard InChI is InChI=1S/C16H30N4/c1-6-16-18(7-2)11-13-20(16,8-3)14-12-19-10-9-17(5)15(19)4/h9-11,13,16H,6-8,12,14H2,1-5H3/q+2/t16?,20-/m0/s1. The fourth-order valence-corrected chi connectivity index (χ4v) is 3.45. The number of rotatable bonds is 6. The number of likely N-dealkylation sites (N-methyl/N-ethyl adjacent to an activating group) is 1. The van der Waals surface area contributed by atoms with Crippen molar-refractivity contribution in [3.63, 3.8) is 0 Å². The Morgan fingerprint density at radius 1 is 1.30 bits per heavy atom. The number of hydrogen-bond donors (Lipinski definition) is 0. The lowest BCUT2D eigenvalue weighted by Gasteiger charge is -2.39. The lowest BCUT2D eigenvalue weighted by Crippen LogP contribution is -2.57. The van der Waals surface area contributed by atoms with Crippen molar-refractivity contribution in [2.75, 3.05) is 19.6 Å². The molecule has 1 aliphatic rings. The van der Waals surface area contributed by atoms with Crippen LogP contribution in [0.1, 0.15) is 33.0 Å². The quantitative estimate of drug-likeness (QED) is 0.572. The number of aromatic nitrogens is 2. The van der Waals surface area contributed by atoms with E-state index in [1.54, 1.807) is 0 Å². The average Bonchev–Trinajstić information content (AvgIpc) is 2.99. The van der Waals surface area contributed by atoms with Crippen molar-refractivity contribution in [3.8, 4) is 0 Å². The highest BCUT2D eigenvalue weighted by Crippen LogP contribution is 2.27. The van der Waals surface area contributed by atoms with Crippen LogP contribution in [0.2, 0.25) is 0 Å². The van der Waals surface area contributed by atoms with Gasteiger partial charge in [-0.15, -0.1) is 0 Å². The van der Waals surface area contributed by atoms with Gasteiger partial charge in [-0.1, -0.05) is 6.92 Å². The van der Waals surface area contributed by atoms with Crippen LogP contribution in [0, 0.1) is 6.92 Å². The number of imidazole rings is 1. The molecule has 4 nitrogen and oxygen atoms in total. The highest BCUT2D eigenvalue weighted by molar-refractivity contribution is 4.87. The maximum absolute atomic E-state index is 2.49. The van der Waals surface area contributed by atoms with Gasteiger partial charge in [-0.05, 0) is 13.8 Å². The Kier molecular flexibility index (Phi) is 4.53. The van der Waals surface area contributed by atoms with Crippen molar-refractivity contribution >= 4 is 0 Å². The predicted octanol–water partition coefficient (Wildman–Crippen LogP) is 2.00. The number of aryl methyl sites for hydroxylation is 1. The molecule has 0 saturated carbocycles. The molecule has 0 amide bonds. The normalized spacial score (nSPS) is 25.6. The lowest BCUT2D eigenvalue weighted by molar-refractivity contribution is -0.923. The molecule has 0 N–H and O–H groups in total. The Morgan fingerprint density at radius 2 is 2.05 bits per heavy atom. The summed E-state index contributed by atoms with van der Waals surface area (Å²) < 4.78 is 5.64. The maximum atomic E-state index is 2.49. The monoisotopic (exact) mass is 278 g/mol. The Morgan fingerprint density at radius 3 is 2.55 bits per heavy atom. The van der Waals surface area contributed by atoms with E-state index in [1.165, 1.54) is 12.2 Å². The Hall–Kier alpha value is -1.29. The second kappa shape index (κ2) is 6.00. The lowest BCUT2D eigenvalue weighted by atomic mass is 10.2. The van der Waals surface area contributed by atoms with Crippen molar-refractivity contribution < 1.29 is 9.05 Å². The zero-order valence-corrected chi connectivity index (χ0v) is 13.7. The Bertz CT molecular complexity index is 477. The van der Waals surface area contributed by atoms with E-state index < -0.39 is 0 Å². The largest absolute Gasteiger partial charge is 0.324 e. The summed E-state index contributed by atoms with van der Waals surface area (Å²) in [6.07, 6.45) is 10.9. The summed E-state index contributed by atoms with van der Waals surface area (Å²) >= 11 is 0. The van der Waals surface area contributed by atoms with Crippen LogP contribution in [0.5, 0.6) is 0 Å². The fourth-order valence-electron chi connectivity index (χ4n) is 3.45. The molecule has 0 fully saturated rings. The molecule has 0 bridgehead atoms. The molecule has 1 aromatic rings. The van der Waals surface area contributed by atoms with E-state index in [-0.39, 0.29) is 0 Å². The first kappa shape index (κ1) is 15.1. The molecule has 2 rings (SSSR count). The van der Waals surface area contributed by atoms with Gasteiger partial charge in [-0.2, -0.15) is 0 Å². The van der Waals surface area contributed by atoms with Gasteiger partial charge in [-0.25, -0.2) is 9.13 Å². The van der Waals surface area contributed by atoms with Crippen LogP contribution in [0.4, 0.5) is 0 Å². The Labute approximate surface area is 123 Å². The van der Waals surface area contributed by atoms with Crippen LogP contribution in [0.15, 0.2) is 24.8 Å². The summed E-state index contributed by atoms with van der Waals surface area (Å²) in [5.74, 6) is 1.32. The van der Waals surface area contributed by atoms with Gasteiger partial charge >= 0.3 is 0 Å². The molecule has 0 saturated heterocycles. The van der Waals surface area contributed by atoms with E-state index in [0.717, 1.165) is 30.7 Å². The van der Waals surface area contributed by atoms with Crippen LogP contribution in [-0.4, -0.2) is 39.8 Å². The molecular formula is C16H30N4+2. The first-order valence-corrected chi connectivity index (χ1v) is 7.90. The highest BCUT2D eigenvalue weighted by atomic mass is 15.5. The van der Waals surface area contributed by atoms with Crippen LogP contribution >= 0.6 is 0 Å². The van der Waals surface area contributed by atoms with Gasteiger partial charge < -0.3 is 4.90 Å². The molecule has 20 heavy (non-hydrogen) atoms. The van der Waals surface area contributed by atoms with E-state index >= 15 is 0 Å². The summed E-state index contributed by atoms with van der Waals surface area (Å²) in [4.78, 5) is 2.49. The van der Waals surface area contributed by atoms with Crippen molar-refractivity contribution in [1.29, 1.82) is 0 Å². The Balaban J connectivity index is 2.12. The van der Waals surface area contributed by atoms with Gasteiger partial charge in [0.25, 0.3) is 5.82 Å². The van der Waals surface area contributed by atoms with Crippen molar-refractivity contribution in [1.82, 2.24) is 9.47 Å². The molecule has 4 heteroatoms. The molecule has 0 aromatic carbocycles. The zero-order chi connectivity index (χ0) is 14.8. The van der Waals surface area contributed by atoms with E-state index in [9.17, 15) is 0 Å². The van der Waals surface area contributed by atoms with E-state index in [2.05, 4.69) is 73.6 Å². The van der Waals surface area contributed by atoms with Gasteiger partial charge in [0.2, 0.25) is 0 Å². The summed E-state index contributed by atoms with van der Waals surface area (Å²) in [6, 6.07) is 0. The number of quaternary nitrogens is 1. The van der Waals surface area contributed by atoms with E-state index in [4.69, 9.17) is 0 Å². The van der Waals surface area contributed by atoms with E-state index in [0.29, 0.717) is 6.17 Å². The molecule has 1 unspecified atom stereocenters. The van der Waals surface area contributed by atoms with Crippen LogP contribution in [-0.2, 0) is 13.6 Å². The number of hydrogen-bond acceptors (Lipinski definition) is 1. The van der Waals surface area contributed by atoms with Gasteiger partial charge in [0.05, 0.1) is 19.8 Å². The van der Waals surface area contributed by atoms with E-state index in [1.807, 2.05) is 0 Å². The van der Waals surface area contributed by atoms with Crippen LogP contribution in [0.25, 0.3) is 0 Å². The molecule has 0 radical (unpaired) electrons. The predicted molar refractivity (Wildman–Crippen MR) is 81.6 cm³/mol. The van der Waals surface area contributed by atoms with Gasteiger partial charge in [0.15, 0.2) is 6.17 Å². The minimum absolute atomic E-state index is 0.606. The second-order valence-electron chi connectivity index (χ2n) is 5.81. The second-order valence-corrected chi connectivity index (χ2v) is 5.81. The molecular weight excluding hydrogens is 248 g/mol. The first-order valence-electron chi connectivity index (χ1n) is 7.90. The van der Waals surface area contributed by atoms with Crippen molar-refractivity contribution in [2.24, 2.45) is 7.05 Å². The third kappa shape index (κ3) is 2.49. The number of nitrogens with zero attached hydrogens (tertiary/aromatic N) is 4. The summed E-state index contributed by atoms with van der Waals surface area (Å²) in [5.41, 5.74) is 0. The first-order chi connectivity index (χ1) is 9.57. The minimum Gasteiger partial charge on any atom is -0.324 e. The molecule has 1 aliphatic heterocycles. The SMILES string of the molecule is CCC1N(CC)C=C[N@@+]1(CC)CC[n+]1ccn(C)c1C. The molecule has 2 heterocycles. The van der Waals surface area contributed by atoms with Crippen molar-refractivity contribution in [2.45, 2.75) is 46.8 Å².